The monoisotopic (exact) mass is 315 g/mol. The molecule has 1 heterocycles. The van der Waals surface area contributed by atoms with Gasteiger partial charge in [0.15, 0.2) is 0 Å². The fourth-order valence-corrected chi connectivity index (χ4v) is 2.78. The van der Waals surface area contributed by atoms with Crippen LogP contribution in [0.2, 0.25) is 5.02 Å². The van der Waals surface area contributed by atoms with Crippen molar-refractivity contribution in [1.29, 1.82) is 0 Å². The van der Waals surface area contributed by atoms with Gasteiger partial charge in [0.25, 0.3) is 0 Å². The van der Waals surface area contributed by atoms with Crippen LogP contribution in [0.4, 0.5) is 0 Å². The smallest absolute Gasteiger partial charge is 0.313 e. The molecule has 0 unspecified atom stereocenters. The number of carboxylic acid groups (broad SMARTS) is 1. The summed E-state index contributed by atoms with van der Waals surface area (Å²) in [5.41, 5.74) is 1.91. The lowest BCUT2D eigenvalue weighted by molar-refractivity contribution is -0.133. The van der Waals surface area contributed by atoms with Crippen LogP contribution in [0.25, 0.3) is 0 Å². The average Bonchev–Trinajstić information content (AvgIpc) is 2.83. The number of carbonyl (C=O) groups is 2. The number of hydrogen-bond acceptors (Lipinski definition) is 4. The second-order valence-electron chi connectivity index (χ2n) is 4.31. The first-order valence-electron chi connectivity index (χ1n) is 6.06. The number of halogens is 1. The molecule has 0 aromatic heterocycles. The van der Waals surface area contributed by atoms with Crippen molar-refractivity contribution in [1.82, 2.24) is 5.32 Å². The first-order valence-corrected chi connectivity index (χ1v) is 7.60. The molecule has 20 heavy (non-hydrogen) atoms. The number of fused-ring (bicyclic) bond motifs is 1. The predicted octanol–water partition coefficient (Wildman–Crippen LogP) is 1.71. The first-order chi connectivity index (χ1) is 9.56. The van der Waals surface area contributed by atoms with Crippen LogP contribution in [0, 0.1) is 0 Å². The average molecular weight is 316 g/mol. The number of hydrogen-bond donors (Lipinski definition) is 2. The molecule has 0 spiro atoms. The quantitative estimate of drug-likeness (QED) is 0.836. The number of amides is 1. The van der Waals surface area contributed by atoms with Crippen LogP contribution < -0.4 is 10.1 Å². The van der Waals surface area contributed by atoms with E-state index in [0.717, 1.165) is 35.1 Å². The number of rotatable bonds is 6. The third-order valence-corrected chi connectivity index (χ3v) is 3.90. The number of ether oxygens (including phenoxy) is 1. The molecule has 0 aliphatic carbocycles. The van der Waals surface area contributed by atoms with Crippen LogP contribution in [0.5, 0.6) is 5.75 Å². The maximum absolute atomic E-state index is 11.6. The molecule has 2 rings (SSSR count). The number of nitrogens with one attached hydrogen (secondary N) is 1. The van der Waals surface area contributed by atoms with Crippen LogP contribution >= 0.6 is 23.4 Å². The van der Waals surface area contributed by atoms with Crippen molar-refractivity contribution < 1.29 is 19.4 Å². The van der Waals surface area contributed by atoms with Gasteiger partial charge in [-0.15, -0.1) is 11.8 Å². The van der Waals surface area contributed by atoms with Crippen molar-refractivity contribution in [3.63, 3.8) is 0 Å². The molecule has 1 aliphatic heterocycles. The minimum Gasteiger partial charge on any atom is -0.493 e. The minimum atomic E-state index is -0.927. The first kappa shape index (κ1) is 15.0. The number of benzene rings is 1. The Kier molecular flexibility index (Phi) is 5.14. The van der Waals surface area contributed by atoms with E-state index >= 15 is 0 Å². The van der Waals surface area contributed by atoms with Gasteiger partial charge < -0.3 is 15.2 Å². The number of carbonyl (C=O) groups excluding carboxylic acids is 1. The molecule has 1 aromatic rings. The van der Waals surface area contributed by atoms with Crippen LogP contribution in [-0.2, 0) is 22.6 Å². The molecule has 7 heteroatoms. The molecule has 0 fully saturated rings. The maximum atomic E-state index is 11.6. The second kappa shape index (κ2) is 6.85. The third-order valence-electron chi connectivity index (χ3n) is 2.76. The fourth-order valence-electron chi connectivity index (χ4n) is 1.95. The molecule has 1 aromatic carbocycles. The molecule has 1 aliphatic rings. The third kappa shape index (κ3) is 4.05. The molecular formula is C13H14ClNO4S. The Balaban J connectivity index is 1.88. The standard InChI is InChI=1S/C13H14ClNO4S/c14-10-3-8-1-2-19-13(8)9(4-10)5-15-11(16)6-20-7-12(17)18/h3-4H,1-2,5-7H2,(H,15,16)(H,17,18). The molecule has 2 N–H and O–H groups in total. The van der Waals surface area contributed by atoms with Crippen LogP contribution in [0.1, 0.15) is 11.1 Å². The number of aliphatic carboxylic acids is 1. The van der Waals surface area contributed by atoms with Crippen LogP contribution in [0.15, 0.2) is 12.1 Å². The van der Waals surface area contributed by atoms with Gasteiger partial charge >= 0.3 is 5.97 Å². The molecule has 0 saturated heterocycles. The largest absolute Gasteiger partial charge is 0.493 e. The van der Waals surface area contributed by atoms with E-state index in [9.17, 15) is 9.59 Å². The fraction of sp³-hybridized carbons (Fsp3) is 0.385. The second-order valence-corrected chi connectivity index (χ2v) is 5.74. The Hall–Kier alpha value is -1.40. The van der Waals surface area contributed by atoms with E-state index in [0.29, 0.717) is 18.2 Å². The summed E-state index contributed by atoms with van der Waals surface area (Å²) in [5.74, 6) is -0.293. The van der Waals surface area contributed by atoms with Gasteiger partial charge in [0.2, 0.25) is 5.91 Å². The summed E-state index contributed by atoms with van der Waals surface area (Å²) in [5, 5.41) is 11.8. The van der Waals surface area contributed by atoms with Gasteiger partial charge in [-0.25, -0.2) is 0 Å². The zero-order valence-corrected chi connectivity index (χ0v) is 12.2. The van der Waals surface area contributed by atoms with E-state index in [1.54, 1.807) is 6.07 Å². The van der Waals surface area contributed by atoms with E-state index in [1.165, 1.54) is 0 Å². The zero-order valence-electron chi connectivity index (χ0n) is 10.6. The van der Waals surface area contributed by atoms with Gasteiger partial charge in [0.1, 0.15) is 5.75 Å². The lowest BCUT2D eigenvalue weighted by Crippen LogP contribution is -2.25. The van der Waals surface area contributed by atoms with Crippen molar-refractivity contribution in [3.8, 4) is 5.75 Å². The summed E-state index contributed by atoms with van der Waals surface area (Å²) in [6.45, 7) is 0.959. The summed E-state index contributed by atoms with van der Waals surface area (Å²) in [6.07, 6.45) is 0.825. The Morgan fingerprint density at radius 3 is 2.95 bits per heavy atom. The van der Waals surface area contributed by atoms with Crippen molar-refractivity contribution >= 4 is 35.2 Å². The Bertz CT molecular complexity index is 535. The Labute approximate surface area is 125 Å². The van der Waals surface area contributed by atoms with Gasteiger partial charge in [-0.05, 0) is 17.7 Å². The highest BCUT2D eigenvalue weighted by atomic mass is 35.5. The topological polar surface area (TPSA) is 75.6 Å². The summed E-state index contributed by atoms with van der Waals surface area (Å²) >= 11 is 7.09. The van der Waals surface area contributed by atoms with Gasteiger partial charge in [-0.2, -0.15) is 0 Å². The summed E-state index contributed by atoms with van der Waals surface area (Å²) in [4.78, 5) is 21.9. The van der Waals surface area contributed by atoms with Crippen molar-refractivity contribution in [2.75, 3.05) is 18.1 Å². The zero-order chi connectivity index (χ0) is 14.5. The van der Waals surface area contributed by atoms with Crippen molar-refractivity contribution in [2.45, 2.75) is 13.0 Å². The minimum absolute atomic E-state index is 0.0803. The molecular weight excluding hydrogens is 302 g/mol. The molecule has 5 nitrogen and oxygen atoms in total. The maximum Gasteiger partial charge on any atom is 0.313 e. The van der Waals surface area contributed by atoms with Crippen LogP contribution in [-0.4, -0.2) is 35.1 Å². The van der Waals surface area contributed by atoms with Gasteiger partial charge in [0.05, 0.1) is 18.1 Å². The van der Waals surface area contributed by atoms with E-state index in [2.05, 4.69) is 5.32 Å². The highest BCUT2D eigenvalue weighted by Crippen LogP contribution is 2.32. The lowest BCUT2D eigenvalue weighted by Gasteiger charge is -2.10. The molecule has 0 atom stereocenters. The van der Waals surface area contributed by atoms with E-state index in [-0.39, 0.29) is 17.4 Å². The van der Waals surface area contributed by atoms with E-state index < -0.39 is 5.97 Å². The molecule has 0 saturated carbocycles. The SMILES string of the molecule is O=C(O)CSCC(=O)NCc1cc(Cl)cc2c1OCC2. The summed E-state index contributed by atoms with van der Waals surface area (Å²) < 4.78 is 5.54. The molecule has 0 radical (unpaired) electrons. The van der Waals surface area contributed by atoms with Gasteiger partial charge in [-0.3, -0.25) is 9.59 Å². The van der Waals surface area contributed by atoms with Crippen LogP contribution in [0.3, 0.4) is 0 Å². The number of thioether (sulfide) groups is 1. The van der Waals surface area contributed by atoms with Crippen molar-refractivity contribution in [2.24, 2.45) is 0 Å². The molecule has 108 valence electrons. The molecule has 0 bridgehead atoms. The lowest BCUT2D eigenvalue weighted by atomic mass is 10.1. The summed E-state index contributed by atoms with van der Waals surface area (Å²) in [7, 11) is 0. The van der Waals surface area contributed by atoms with Gasteiger partial charge in [0, 0.05) is 23.6 Å². The molecule has 1 amide bonds. The Morgan fingerprint density at radius 2 is 2.20 bits per heavy atom. The predicted molar refractivity (Wildman–Crippen MR) is 77.5 cm³/mol. The van der Waals surface area contributed by atoms with E-state index in [4.69, 9.17) is 21.4 Å². The van der Waals surface area contributed by atoms with Gasteiger partial charge in [-0.1, -0.05) is 11.6 Å². The Morgan fingerprint density at radius 1 is 1.40 bits per heavy atom. The normalized spacial score (nSPS) is 12.7. The highest BCUT2D eigenvalue weighted by Gasteiger charge is 2.17. The van der Waals surface area contributed by atoms with Crippen molar-refractivity contribution in [3.05, 3.63) is 28.3 Å². The number of carboxylic acids is 1. The summed E-state index contributed by atoms with van der Waals surface area (Å²) in [6, 6.07) is 3.65. The van der Waals surface area contributed by atoms with E-state index in [1.807, 2.05) is 6.07 Å². The highest BCUT2D eigenvalue weighted by molar-refractivity contribution is 8.00.